The number of nitrogens with zero attached hydrogens (tertiary/aromatic N) is 2. The van der Waals surface area contributed by atoms with Gasteiger partial charge in [0.2, 0.25) is 0 Å². The maximum Gasteiger partial charge on any atom is 0.0391 e. The van der Waals surface area contributed by atoms with Crippen LogP contribution >= 0.6 is 45.2 Å². The van der Waals surface area contributed by atoms with Gasteiger partial charge < -0.3 is 4.90 Å². The Morgan fingerprint density at radius 3 is 1.83 bits per heavy atom. The zero-order chi connectivity index (χ0) is 8.69. The van der Waals surface area contributed by atoms with Gasteiger partial charge in [0.05, 0.1) is 0 Å². The SMILES string of the molecule is Br.BrBr.CN(C)c1ccncc1. The van der Waals surface area contributed by atoms with E-state index in [-0.39, 0.29) is 17.0 Å². The van der Waals surface area contributed by atoms with E-state index in [1.807, 2.05) is 31.1 Å². The summed E-state index contributed by atoms with van der Waals surface area (Å²) < 4.78 is 0. The summed E-state index contributed by atoms with van der Waals surface area (Å²) in [5.74, 6) is 0. The summed E-state index contributed by atoms with van der Waals surface area (Å²) in [6.45, 7) is 0. The van der Waals surface area contributed by atoms with Crippen LogP contribution in [0.5, 0.6) is 0 Å². The van der Waals surface area contributed by atoms with Crippen LogP contribution in [0.1, 0.15) is 0 Å². The number of hydrogen-bond donors (Lipinski definition) is 0. The van der Waals surface area contributed by atoms with Crippen LogP contribution in [-0.4, -0.2) is 19.1 Å². The fraction of sp³-hybridized carbons (Fsp3) is 0.286. The van der Waals surface area contributed by atoms with Crippen molar-refractivity contribution in [3.63, 3.8) is 0 Å². The number of aromatic nitrogens is 1. The van der Waals surface area contributed by atoms with E-state index in [4.69, 9.17) is 0 Å². The third-order valence-corrected chi connectivity index (χ3v) is 1.18. The predicted molar refractivity (Wildman–Crippen MR) is 66.7 cm³/mol. The Bertz CT molecular complexity index is 179. The number of rotatable bonds is 1. The minimum Gasteiger partial charge on any atom is -0.378 e. The Morgan fingerprint density at radius 1 is 1.17 bits per heavy atom. The van der Waals surface area contributed by atoms with Crippen LogP contribution in [0.4, 0.5) is 5.69 Å². The van der Waals surface area contributed by atoms with Crippen LogP contribution in [-0.2, 0) is 0 Å². The molecule has 12 heavy (non-hydrogen) atoms. The lowest BCUT2D eigenvalue weighted by molar-refractivity contribution is 1.12. The molecule has 0 aliphatic heterocycles. The van der Waals surface area contributed by atoms with Gasteiger partial charge in [0.25, 0.3) is 0 Å². The van der Waals surface area contributed by atoms with Gasteiger partial charge in [-0.1, -0.05) is 0 Å². The van der Waals surface area contributed by atoms with E-state index in [1.54, 1.807) is 12.4 Å². The quantitative estimate of drug-likeness (QED) is 0.761. The summed E-state index contributed by atoms with van der Waals surface area (Å²) in [7, 11) is 4.02. The Hall–Kier alpha value is 0.390. The normalized spacial score (nSPS) is 7.33. The summed E-state index contributed by atoms with van der Waals surface area (Å²) in [5.41, 5.74) is 1.19. The standard InChI is InChI=1S/C7H10N2.Br2.BrH/c1-9(2)7-3-5-8-6-4-7;1-2;/h3-6H,1-2H3;;1H. The average molecular weight is 363 g/mol. The molecule has 5 heteroatoms. The molecule has 0 radical (unpaired) electrons. The van der Waals surface area contributed by atoms with Crippen LogP contribution < -0.4 is 4.90 Å². The van der Waals surface area contributed by atoms with E-state index >= 15 is 0 Å². The minimum absolute atomic E-state index is 0. The van der Waals surface area contributed by atoms with Crippen molar-refractivity contribution in [2.24, 2.45) is 0 Å². The molecule has 1 rings (SSSR count). The van der Waals surface area contributed by atoms with E-state index < -0.39 is 0 Å². The lowest BCUT2D eigenvalue weighted by Crippen LogP contribution is -2.07. The van der Waals surface area contributed by atoms with Gasteiger partial charge in [0.15, 0.2) is 0 Å². The molecule has 0 N–H and O–H groups in total. The van der Waals surface area contributed by atoms with Crippen LogP contribution in [0, 0.1) is 0 Å². The number of pyridine rings is 1. The molecule has 1 aromatic heterocycles. The Labute approximate surface area is 99.0 Å². The zero-order valence-electron chi connectivity index (χ0n) is 6.87. The summed E-state index contributed by atoms with van der Waals surface area (Å²) in [6.07, 6.45) is 3.57. The molecule has 70 valence electrons. The highest BCUT2D eigenvalue weighted by molar-refractivity contribution is 9.93. The van der Waals surface area contributed by atoms with Crippen molar-refractivity contribution >= 4 is 50.9 Å². The van der Waals surface area contributed by atoms with Gasteiger partial charge in [-0.2, -0.15) is 0 Å². The van der Waals surface area contributed by atoms with Crippen LogP contribution in [0.3, 0.4) is 0 Å². The maximum atomic E-state index is 3.90. The van der Waals surface area contributed by atoms with Crippen molar-refractivity contribution in [2.45, 2.75) is 0 Å². The molecule has 1 aromatic rings. The first-order valence-corrected chi connectivity index (χ1v) is 6.74. The first-order chi connectivity index (χ1) is 5.30. The molecule has 0 aromatic carbocycles. The molecule has 0 amide bonds. The molecule has 0 fully saturated rings. The van der Waals surface area contributed by atoms with E-state index in [1.165, 1.54) is 5.69 Å². The third kappa shape index (κ3) is 5.97. The largest absolute Gasteiger partial charge is 0.378 e. The highest BCUT2D eigenvalue weighted by Gasteiger charge is 1.88. The molecule has 0 aliphatic rings. The highest BCUT2D eigenvalue weighted by Crippen LogP contribution is 2.05. The Kier molecular flexibility index (Phi) is 11.8. The molecule has 1 heterocycles. The van der Waals surface area contributed by atoms with Gasteiger partial charge in [-0.3, -0.25) is 4.98 Å². The van der Waals surface area contributed by atoms with Crippen LogP contribution in [0.15, 0.2) is 24.5 Å². The smallest absolute Gasteiger partial charge is 0.0391 e. The van der Waals surface area contributed by atoms with Crippen molar-refractivity contribution < 1.29 is 0 Å². The number of halogens is 3. The van der Waals surface area contributed by atoms with Crippen molar-refractivity contribution in [3.8, 4) is 0 Å². The molecule has 0 aliphatic carbocycles. The van der Waals surface area contributed by atoms with Gasteiger partial charge >= 0.3 is 0 Å². The van der Waals surface area contributed by atoms with Crippen molar-refractivity contribution in [3.05, 3.63) is 24.5 Å². The molecule has 0 saturated carbocycles. The molecule has 0 saturated heterocycles. The molecule has 0 unspecified atom stereocenters. The molecular formula is C7H11Br3N2. The van der Waals surface area contributed by atoms with E-state index in [2.05, 4.69) is 33.2 Å². The van der Waals surface area contributed by atoms with Gasteiger partial charge in [-0.15, -0.1) is 17.0 Å². The topological polar surface area (TPSA) is 16.1 Å². The lowest BCUT2D eigenvalue weighted by Gasteiger charge is -2.10. The lowest BCUT2D eigenvalue weighted by atomic mass is 10.4. The summed E-state index contributed by atoms with van der Waals surface area (Å²) in [6, 6.07) is 3.94. The predicted octanol–water partition coefficient (Wildman–Crippen LogP) is 3.42. The summed E-state index contributed by atoms with van der Waals surface area (Å²) in [4.78, 5) is 5.94. The van der Waals surface area contributed by atoms with Gasteiger partial charge in [0, 0.05) is 60.4 Å². The first-order valence-electron chi connectivity index (χ1n) is 3.02. The number of anilines is 1. The fourth-order valence-electron chi connectivity index (χ4n) is 0.642. The van der Waals surface area contributed by atoms with Crippen LogP contribution in [0.25, 0.3) is 0 Å². The molecular weight excluding hydrogens is 352 g/mol. The third-order valence-electron chi connectivity index (χ3n) is 1.18. The second-order valence-electron chi connectivity index (χ2n) is 2.10. The van der Waals surface area contributed by atoms with Crippen molar-refractivity contribution in [1.29, 1.82) is 0 Å². The highest BCUT2D eigenvalue weighted by atomic mass is 80.9. The van der Waals surface area contributed by atoms with E-state index in [0.717, 1.165) is 0 Å². The summed E-state index contributed by atoms with van der Waals surface area (Å²) >= 11 is 5.50. The second-order valence-corrected chi connectivity index (χ2v) is 2.10. The van der Waals surface area contributed by atoms with Gasteiger partial charge in [-0.25, -0.2) is 0 Å². The van der Waals surface area contributed by atoms with E-state index in [0.29, 0.717) is 0 Å². The summed E-state index contributed by atoms with van der Waals surface area (Å²) in [5, 5.41) is 0. The number of hydrogen-bond acceptors (Lipinski definition) is 2. The van der Waals surface area contributed by atoms with Crippen molar-refractivity contribution in [2.75, 3.05) is 19.0 Å². The van der Waals surface area contributed by atoms with Crippen molar-refractivity contribution in [1.82, 2.24) is 4.98 Å². The second kappa shape index (κ2) is 9.48. The van der Waals surface area contributed by atoms with Crippen LogP contribution in [0.2, 0.25) is 0 Å². The zero-order valence-corrected chi connectivity index (χ0v) is 11.8. The maximum absolute atomic E-state index is 3.90. The Balaban J connectivity index is 0. The molecule has 0 bridgehead atoms. The Morgan fingerprint density at radius 2 is 1.58 bits per heavy atom. The van der Waals surface area contributed by atoms with Gasteiger partial charge in [0.1, 0.15) is 0 Å². The van der Waals surface area contributed by atoms with Gasteiger partial charge in [-0.05, 0) is 12.1 Å². The molecule has 0 spiro atoms. The van der Waals surface area contributed by atoms with E-state index in [9.17, 15) is 0 Å². The first kappa shape index (κ1) is 14.9. The monoisotopic (exact) mass is 360 g/mol. The fourth-order valence-corrected chi connectivity index (χ4v) is 0.642. The minimum atomic E-state index is 0. The molecule has 2 nitrogen and oxygen atoms in total. The average Bonchev–Trinajstić information content (AvgIpc) is 2.10. The molecule has 0 atom stereocenters.